The third-order valence-electron chi connectivity index (χ3n) is 5.80. The molecule has 36 heavy (non-hydrogen) atoms. The first-order valence-corrected chi connectivity index (χ1v) is 15.3. The monoisotopic (exact) mass is 530 g/mol. The van der Waals surface area contributed by atoms with E-state index in [9.17, 15) is 0 Å². The molecule has 0 spiro atoms. The van der Waals surface area contributed by atoms with Crippen molar-refractivity contribution >= 4 is 28.9 Å². The molecule has 0 aromatic carbocycles. The highest BCUT2D eigenvalue weighted by atomic mass is 32.1. The van der Waals surface area contributed by atoms with Crippen molar-refractivity contribution in [2.75, 3.05) is 0 Å². The van der Waals surface area contributed by atoms with E-state index < -0.39 is 0 Å². The molecule has 2 atom stereocenters. The molecule has 3 heterocycles. The molecule has 0 amide bonds. The van der Waals surface area contributed by atoms with Crippen LogP contribution in [0.25, 0.3) is 0 Å². The Hall–Kier alpha value is -1.26. The summed E-state index contributed by atoms with van der Waals surface area (Å²) < 4.78 is 0. The highest BCUT2D eigenvalue weighted by Crippen LogP contribution is 2.34. The maximum atomic E-state index is 4.32. The van der Waals surface area contributed by atoms with Crippen molar-refractivity contribution in [1.29, 1.82) is 0 Å². The molecule has 204 valence electrons. The lowest BCUT2D eigenvalue weighted by molar-refractivity contribution is 0.348. The van der Waals surface area contributed by atoms with Gasteiger partial charge in [-0.25, -0.2) is 4.98 Å². The Morgan fingerprint density at radius 1 is 0.861 bits per heavy atom. The minimum Gasteiger partial charge on any atom is -0.266 e. The predicted octanol–water partition coefficient (Wildman–Crippen LogP) is 11.5. The van der Waals surface area contributed by atoms with Gasteiger partial charge in [0.1, 0.15) is 0 Å². The molecule has 0 saturated carbocycles. The summed E-state index contributed by atoms with van der Waals surface area (Å²) in [6, 6.07) is 4.50. The van der Waals surface area contributed by atoms with Crippen LogP contribution in [0.15, 0.2) is 40.5 Å². The number of rotatable bonds is 6. The molecule has 2 nitrogen and oxygen atoms in total. The fourth-order valence-corrected chi connectivity index (χ4v) is 5.93. The number of thiazole rings is 1. The van der Waals surface area contributed by atoms with Gasteiger partial charge in [-0.3, -0.25) is 4.99 Å². The normalized spacial score (nSPS) is 15.4. The Balaban J connectivity index is 0.000000271. The van der Waals surface area contributed by atoms with Crippen molar-refractivity contribution in [2.24, 2.45) is 21.2 Å². The van der Waals surface area contributed by atoms with Crippen LogP contribution in [0, 0.1) is 23.2 Å². The molecule has 0 saturated heterocycles. The van der Waals surface area contributed by atoms with E-state index >= 15 is 0 Å². The summed E-state index contributed by atoms with van der Waals surface area (Å²) in [5, 5.41) is 3.32. The van der Waals surface area contributed by atoms with Gasteiger partial charge in [0.2, 0.25) is 0 Å². The molecule has 2 aromatic rings. The smallest absolute Gasteiger partial charge is 0.0953 e. The van der Waals surface area contributed by atoms with Gasteiger partial charge in [0.25, 0.3) is 0 Å². The van der Waals surface area contributed by atoms with Gasteiger partial charge in [-0.15, -0.1) is 22.7 Å². The van der Waals surface area contributed by atoms with Crippen molar-refractivity contribution in [3.05, 3.63) is 50.2 Å². The van der Waals surface area contributed by atoms with Crippen molar-refractivity contribution in [1.82, 2.24) is 4.98 Å². The van der Waals surface area contributed by atoms with Crippen LogP contribution in [0.1, 0.15) is 135 Å². The zero-order valence-corrected chi connectivity index (χ0v) is 27.0. The minimum absolute atomic E-state index is 0.408. The highest BCUT2D eigenvalue weighted by molar-refractivity contribution is 7.12. The van der Waals surface area contributed by atoms with Crippen LogP contribution in [0.4, 0.5) is 0 Å². The van der Waals surface area contributed by atoms with E-state index in [2.05, 4.69) is 117 Å². The standard InChI is InChI=1S/C12H20S.C10H17NS.C10H17N/c1-9(8-12(3,4)5)11-7-6-10(2)13-11;1-8(7-10(2,3)4)9-11-5-6-12-9;1-10(2,3)7-6-9-5-4-8-11-9/h6-7,9H,8H2,1-5H3;5-6,8H,7H2,1-4H3;5,8H,4,6-7H2,1-3H3. The Kier molecular flexibility index (Phi) is 13.3. The molecule has 0 N–H and O–H groups in total. The van der Waals surface area contributed by atoms with Crippen LogP contribution in [-0.2, 0) is 0 Å². The van der Waals surface area contributed by atoms with Crippen LogP contribution >= 0.6 is 22.7 Å². The van der Waals surface area contributed by atoms with E-state index in [0.29, 0.717) is 28.1 Å². The van der Waals surface area contributed by atoms with Gasteiger partial charge in [-0.2, -0.15) is 0 Å². The molecule has 0 aliphatic carbocycles. The minimum atomic E-state index is 0.408. The van der Waals surface area contributed by atoms with Crippen molar-refractivity contribution in [3.63, 3.8) is 0 Å². The number of nitrogens with zero attached hydrogens (tertiary/aromatic N) is 2. The number of hydrogen-bond acceptors (Lipinski definition) is 4. The maximum Gasteiger partial charge on any atom is 0.0953 e. The molecule has 2 unspecified atom stereocenters. The predicted molar refractivity (Wildman–Crippen MR) is 166 cm³/mol. The zero-order valence-electron chi connectivity index (χ0n) is 25.4. The summed E-state index contributed by atoms with van der Waals surface area (Å²) in [4.78, 5) is 11.6. The molecule has 0 fully saturated rings. The third-order valence-corrected chi connectivity index (χ3v) is 8.04. The first kappa shape index (κ1) is 32.8. The number of hydrogen-bond donors (Lipinski definition) is 0. The maximum absolute atomic E-state index is 4.32. The van der Waals surface area contributed by atoms with E-state index in [-0.39, 0.29) is 0 Å². The number of allylic oxidation sites excluding steroid dienone is 2. The SMILES string of the molecule is CC(C)(C)CCC1=CCC=N1.CC(CC(C)(C)C)c1nccs1.Cc1ccc(C(C)CC(C)(C)C)s1. The van der Waals surface area contributed by atoms with Crippen molar-refractivity contribution in [3.8, 4) is 0 Å². The number of thiophene rings is 1. The summed E-state index contributed by atoms with van der Waals surface area (Å²) in [5.41, 5.74) is 2.57. The van der Waals surface area contributed by atoms with E-state index in [1.165, 1.54) is 39.7 Å². The van der Waals surface area contributed by atoms with Gasteiger partial charge in [0.15, 0.2) is 0 Å². The van der Waals surface area contributed by atoms with E-state index in [1.54, 1.807) is 11.3 Å². The summed E-state index contributed by atoms with van der Waals surface area (Å²) in [7, 11) is 0. The van der Waals surface area contributed by atoms with Crippen LogP contribution < -0.4 is 0 Å². The highest BCUT2D eigenvalue weighted by Gasteiger charge is 2.18. The lowest BCUT2D eigenvalue weighted by Crippen LogP contribution is -2.09. The molecule has 3 rings (SSSR count). The Morgan fingerprint density at radius 3 is 1.89 bits per heavy atom. The van der Waals surface area contributed by atoms with E-state index in [4.69, 9.17) is 0 Å². The first-order valence-electron chi connectivity index (χ1n) is 13.6. The Morgan fingerprint density at radius 2 is 1.47 bits per heavy atom. The number of aryl methyl sites for hydroxylation is 1. The summed E-state index contributed by atoms with van der Waals surface area (Å²) in [6.07, 6.45) is 12.0. The second-order valence-corrected chi connectivity index (χ2v) is 16.2. The molecule has 0 radical (unpaired) electrons. The molecular weight excluding hydrogens is 477 g/mol. The fourth-order valence-electron chi connectivity index (χ4n) is 4.30. The second-order valence-electron chi connectivity index (χ2n) is 14.0. The average molecular weight is 531 g/mol. The first-order chi connectivity index (χ1) is 16.5. The van der Waals surface area contributed by atoms with E-state index in [1.807, 2.05) is 23.7 Å². The second kappa shape index (κ2) is 14.6. The van der Waals surface area contributed by atoms with Crippen LogP contribution in [0.2, 0.25) is 0 Å². The summed E-state index contributed by atoms with van der Waals surface area (Å²) in [5.74, 6) is 1.31. The zero-order chi connectivity index (χ0) is 27.6. The lowest BCUT2D eigenvalue weighted by atomic mass is 9.85. The molecular formula is C32H54N2S2. The van der Waals surface area contributed by atoms with Gasteiger partial charge >= 0.3 is 0 Å². The van der Waals surface area contributed by atoms with Crippen LogP contribution in [0.5, 0.6) is 0 Å². The largest absolute Gasteiger partial charge is 0.266 e. The number of aromatic nitrogens is 1. The van der Waals surface area contributed by atoms with Gasteiger partial charge in [0.05, 0.1) is 5.01 Å². The Bertz CT molecular complexity index is 913. The fraction of sp³-hybridized carbons (Fsp3) is 0.688. The summed E-state index contributed by atoms with van der Waals surface area (Å²) in [6.45, 7) is 27.3. The van der Waals surface area contributed by atoms with Gasteiger partial charge in [-0.1, -0.05) is 82.2 Å². The Labute approximate surface area is 231 Å². The molecule has 0 bridgehead atoms. The molecule has 4 heteroatoms. The average Bonchev–Trinajstić information content (AvgIpc) is 3.47. The van der Waals surface area contributed by atoms with Gasteiger partial charge in [0, 0.05) is 45.6 Å². The number of aliphatic imine (C=N–C) groups is 1. The topological polar surface area (TPSA) is 25.2 Å². The van der Waals surface area contributed by atoms with Crippen LogP contribution in [-0.4, -0.2) is 11.2 Å². The van der Waals surface area contributed by atoms with E-state index in [0.717, 1.165) is 12.8 Å². The van der Waals surface area contributed by atoms with Gasteiger partial charge in [-0.05, 0) is 66.9 Å². The quantitative estimate of drug-likeness (QED) is 0.364. The molecule has 1 aliphatic heterocycles. The lowest BCUT2D eigenvalue weighted by Gasteiger charge is -2.22. The van der Waals surface area contributed by atoms with Crippen molar-refractivity contribution < 1.29 is 0 Å². The summed E-state index contributed by atoms with van der Waals surface area (Å²) >= 11 is 3.70. The van der Waals surface area contributed by atoms with Gasteiger partial charge < -0.3 is 0 Å². The molecule has 2 aromatic heterocycles. The van der Waals surface area contributed by atoms with Crippen molar-refractivity contribution in [2.45, 2.75) is 127 Å². The molecule has 1 aliphatic rings. The van der Waals surface area contributed by atoms with Crippen LogP contribution in [0.3, 0.4) is 0 Å². The third kappa shape index (κ3) is 15.8.